The molecule has 1 saturated carbocycles. The molecule has 1 aromatic carbocycles. The first-order valence-electron chi connectivity index (χ1n) is 9.58. The maximum atomic E-state index is 12.7. The molecule has 0 bridgehead atoms. The summed E-state index contributed by atoms with van der Waals surface area (Å²) in [6, 6.07) is 7.75. The molecule has 1 aromatic heterocycles. The number of hydrogen-bond donors (Lipinski definition) is 4. The molecule has 1 aliphatic rings. The van der Waals surface area contributed by atoms with Crippen molar-refractivity contribution in [3.8, 4) is 0 Å². The first kappa shape index (κ1) is 18.9. The second-order valence-electron chi connectivity index (χ2n) is 8.07. The Morgan fingerprint density at radius 2 is 2.04 bits per heavy atom. The van der Waals surface area contributed by atoms with Gasteiger partial charge < -0.3 is 20.5 Å². The van der Waals surface area contributed by atoms with Crippen LogP contribution in [0, 0.1) is 11.8 Å². The van der Waals surface area contributed by atoms with Gasteiger partial charge in [0.1, 0.15) is 0 Å². The van der Waals surface area contributed by atoms with Gasteiger partial charge in [0.25, 0.3) is 0 Å². The van der Waals surface area contributed by atoms with Crippen LogP contribution in [0.4, 0.5) is 0 Å². The lowest BCUT2D eigenvalue weighted by molar-refractivity contribution is -0.128. The fourth-order valence-electron chi connectivity index (χ4n) is 4.04. The molecule has 2 aromatic rings. The van der Waals surface area contributed by atoms with Crippen LogP contribution < -0.4 is 5.32 Å². The summed E-state index contributed by atoms with van der Waals surface area (Å²) in [6.07, 6.45) is 5.77. The molecular weight excluding hydrogens is 328 g/mol. The Morgan fingerprint density at radius 1 is 1.35 bits per heavy atom. The van der Waals surface area contributed by atoms with Gasteiger partial charge in [0.05, 0.1) is 18.2 Å². The van der Waals surface area contributed by atoms with Crippen molar-refractivity contribution in [1.29, 1.82) is 0 Å². The van der Waals surface area contributed by atoms with Crippen LogP contribution in [0.15, 0.2) is 30.5 Å². The minimum Gasteiger partial charge on any atom is -0.394 e. The van der Waals surface area contributed by atoms with E-state index in [0.717, 1.165) is 42.1 Å². The molecule has 5 nitrogen and oxygen atoms in total. The highest BCUT2D eigenvalue weighted by atomic mass is 16.3. The molecule has 4 N–H and O–H groups in total. The average Bonchev–Trinajstić information content (AvgIpc) is 3.03. The maximum Gasteiger partial charge on any atom is 0.223 e. The van der Waals surface area contributed by atoms with Gasteiger partial charge in [-0.2, -0.15) is 0 Å². The number of H-pyrrole nitrogens is 1. The van der Waals surface area contributed by atoms with E-state index >= 15 is 0 Å². The van der Waals surface area contributed by atoms with Gasteiger partial charge in [-0.25, -0.2) is 0 Å². The number of carbonyl (C=O) groups is 1. The Morgan fingerprint density at radius 3 is 2.73 bits per heavy atom. The van der Waals surface area contributed by atoms with Gasteiger partial charge in [-0.05, 0) is 56.6 Å². The molecule has 1 amide bonds. The molecule has 142 valence electrons. The number of benzene rings is 1. The van der Waals surface area contributed by atoms with Gasteiger partial charge in [0.2, 0.25) is 5.91 Å². The number of rotatable bonds is 6. The molecule has 0 aliphatic heterocycles. The smallest absolute Gasteiger partial charge is 0.223 e. The number of carbonyl (C=O) groups excluding carboxylic acids is 1. The third kappa shape index (κ3) is 4.27. The average molecular weight is 358 g/mol. The first-order valence-corrected chi connectivity index (χ1v) is 9.58. The Kier molecular flexibility index (Phi) is 5.68. The molecule has 1 aliphatic carbocycles. The van der Waals surface area contributed by atoms with Crippen LogP contribution in [0.25, 0.3) is 10.9 Å². The molecule has 0 saturated heterocycles. The summed E-state index contributed by atoms with van der Waals surface area (Å²) >= 11 is 0. The van der Waals surface area contributed by atoms with Gasteiger partial charge in [-0.15, -0.1) is 0 Å². The van der Waals surface area contributed by atoms with Crippen molar-refractivity contribution >= 4 is 16.8 Å². The number of para-hydroxylation sites is 1. The maximum absolute atomic E-state index is 12.7. The van der Waals surface area contributed by atoms with E-state index in [1.165, 1.54) is 0 Å². The normalized spacial score (nSPS) is 25.8. The fourth-order valence-corrected chi connectivity index (χ4v) is 4.04. The molecule has 3 rings (SSSR count). The Labute approximate surface area is 154 Å². The highest BCUT2D eigenvalue weighted by molar-refractivity contribution is 5.83. The monoisotopic (exact) mass is 358 g/mol. The van der Waals surface area contributed by atoms with E-state index in [1.807, 2.05) is 44.3 Å². The van der Waals surface area contributed by atoms with Crippen LogP contribution >= 0.6 is 0 Å². The molecule has 2 atom stereocenters. The van der Waals surface area contributed by atoms with Crippen molar-refractivity contribution in [2.75, 3.05) is 6.61 Å². The summed E-state index contributed by atoms with van der Waals surface area (Å²) in [5, 5.41) is 24.0. The van der Waals surface area contributed by atoms with Gasteiger partial charge in [0, 0.05) is 23.0 Å². The molecule has 0 spiro atoms. The van der Waals surface area contributed by atoms with E-state index < -0.39 is 5.60 Å². The summed E-state index contributed by atoms with van der Waals surface area (Å²) in [7, 11) is 0. The zero-order chi connectivity index (χ0) is 18.7. The molecule has 5 heteroatoms. The third-order valence-corrected chi connectivity index (χ3v) is 5.94. The highest BCUT2D eigenvalue weighted by Gasteiger charge is 2.34. The zero-order valence-corrected chi connectivity index (χ0v) is 15.7. The van der Waals surface area contributed by atoms with Crippen LogP contribution in [0.2, 0.25) is 0 Å². The number of fused-ring (bicyclic) bond motifs is 1. The summed E-state index contributed by atoms with van der Waals surface area (Å²) in [4.78, 5) is 15.9. The fraction of sp³-hybridized carbons (Fsp3) is 0.571. The minimum atomic E-state index is -0.588. The Hall–Kier alpha value is -1.85. The number of nitrogens with one attached hydrogen (secondary N) is 2. The first-order chi connectivity index (χ1) is 12.4. The minimum absolute atomic E-state index is 0.00423. The van der Waals surface area contributed by atoms with Crippen LogP contribution in [-0.2, 0) is 11.2 Å². The summed E-state index contributed by atoms with van der Waals surface area (Å²) < 4.78 is 0. The third-order valence-electron chi connectivity index (χ3n) is 5.94. The predicted molar refractivity (Wildman–Crippen MR) is 103 cm³/mol. The summed E-state index contributed by atoms with van der Waals surface area (Å²) in [5.74, 6) is 0.182. The second kappa shape index (κ2) is 7.80. The van der Waals surface area contributed by atoms with Crippen molar-refractivity contribution in [3.63, 3.8) is 0 Å². The largest absolute Gasteiger partial charge is 0.394 e. The van der Waals surface area contributed by atoms with Crippen molar-refractivity contribution in [1.82, 2.24) is 10.3 Å². The van der Waals surface area contributed by atoms with E-state index in [0.29, 0.717) is 12.3 Å². The quantitative estimate of drug-likeness (QED) is 0.640. The Bertz CT molecular complexity index is 743. The molecule has 1 heterocycles. The lowest BCUT2D eigenvalue weighted by Gasteiger charge is -2.35. The topological polar surface area (TPSA) is 85.4 Å². The lowest BCUT2D eigenvalue weighted by Crippen LogP contribution is -2.44. The van der Waals surface area contributed by atoms with E-state index in [2.05, 4.69) is 10.3 Å². The van der Waals surface area contributed by atoms with Crippen molar-refractivity contribution < 1.29 is 15.0 Å². The molecule has 26 heavy (non-hydrogen) atoms. The van der Waals surface area contributed by atoms with E-state index in [9.17, 15) is 15.0 Å². The SMILES string of the molecule is CC(C(=O)NC(CO)Cc1c[nH]c2ccccc12)C1CCC(C)(O)CC1. The standard InChI is InChI=1S/C21H30N2O3/c1-14(15-7-9-21(2,26)10-8-15)20(25)23-17(13-24)11-16-12-22-19-6-4-3-5-18(16)19/h3-6,12,14-15,17,22,24,26H,7-11,13H2,1-2H3,(H,23,25). The molecular formula is C21H30N2O3. The van der Waals surface area contributed by atoms with Crippen LogP contribution in [0.5, 0.6) is 0 Å². The number of aromatic nitrogens is 1. The van der Waals surface area contributed by atoms with Crippen LogP contribution in [-0.4, -0.2) is 39.4 Å². The number of hydrogen-bond acceptors (Lipinski definition) is 3. The molecule has 1 fully saturated rings. The zero-order valence-electron chi connectivity index (χ0n) is 15.7. The van der Waals surface area contributed by atoms with Gasteiger partial charge in [0.15, 0.2) is 0 Å². The lowest BCUT2D eigenvalue weighted by atomic mass is 9.74. The highest BCUT2D eigenvalue weighted by Crippen LogP contribution is 2.35. The number of amides is 1. The van der Waals surface area contributed by atoms with Crippen molar-refractivity contribution in [3.05, 3.63) is 36.0 Å². The van der Waals surface area contributed by atoms with Gasteiger partial charge in [-0.3, -0.25) is 4.79 Å². The molecule has 0 radical (unpaired) electrons. The van der Waals surface area contributed by atoms with Crippen LogP contribution in [0.1, 0.15) is 45.1 Å². The van der Waals surface area contributed by atoms with Crippen LogP contribution in [0.3, 0.4) is 0 Å². The van der Waals surface area contributed by atoms with E-state index in [-0.39, 0.29) is 24.5 Å². The second-order valence-corrected chi connectivity index (χ2v) is 8.07. The Balaban J connectivity index is 1.60. The number of aromatic amines is 1. The number of aliphatic hydroxyl groups excluding tert-OH is 1. The number of aliphatic hydroxyl groups is 2. The van der Waals surface area contributed by atoms with E-state index in [1.54, 1.807) is 0 Å². The van der Waals surface area contributed by atoms with Gasteiger partial charge >= 0.3 is 0 Å². The summed E-state index contributed by atoms with van der Waals surface area (Å²) in [5.41, 5.74) is 1.57. The van der Waals surface area contributed by atoms with Gasteiger partial charge in [-0.1, -0.05) is 25.1 Å². The summed E-state index contributed by atoms with van der Waals surface area (Å²) in [6.45, 7) is 3.74. The molecule has 2 unspecified atom stereocenters. The van der Waals surface area contributed by atoms with Crippen molar-refractivity contribution in [2.24, 2.45) is 11.8 Å². The van der Waals surface area contributed by atoms with Crippen molar-refractivity contribution in [2.45, 2.75) is 57.6 Å². The van der Waals surface area contributed by atoms with E-state index in [4.69, 9.17) is 0 Å². The predicted octanol–water partition coefficient (Wildman–Crippen LogP) is 2.76.